The highest BCUT2D eigenvalue weighted by Gasteiger charge is 2.37. The molecule has 0 aromatic heterocycles. The molecular formula is C15H11FN2O3S. The van der Waals surface area contributed by atoms with Gasteiger partial charge in [0.05, 0.1) is 16.2 Å². The second-order valence-electron chi connectivity index (χ2n) is 4.72. The monoisotopic (exact) mass is 318 g/mol. The topological polar surface area (TPSA) is 63.4 Å². The quantitative estimate of drug-likeness (QED) is 0.642. The number of benzene rings is 2. The maximum atomic E-state index is 13.1. The fourth-order valence-electron chi connectivity index (χ4n) is 2.40. The molecule has 0 unspecified atom stereocenters. The number of anilines is 1. The Morgan fingerprint density at radius 1 is 1.18 bits per heavy atom. The molecule has 0 bridgehead atoms. The van der Waals surface area contributed by atoms with Gasteiger partial charge in [0, 0.05) is 11.8 Å². The lowest BCUT2D eigenvalue weighted by Crippen LogP contribution is -2.28. The highest BCUT2D eigenvalue weighted by Crippen LogP contribution is 2.44. The van der Waals surface area contributed by atoms with Crippen LogP contribution in [0.3, 0.4) is 0 Å². The van der Waals surface area contributed by atoms with Crippen LogP contribution < -0.4 is 4.90 Å². The van der Waals surface area contributed by atoms with Gasteiger partial charge in [0.2, 0.25) is 5.91 Å². The number of nitro benzene ring substituents is 1. The van der Waals surface area contributed by atoms with Gasteiger partial charge in [-0.3, -0.25) is 19.8 Å². The van der Waals surface area contributed by atoms with Crippen LogP contribution in [-0.4, -0.2) is 16.6 Å². The predicted octanol–water partition coefficient (Wildman–Crippen LogP) is 3.51. The van der Waals surface area contributed by atoms with Gasteiger partial charge < -0.3 is 0 Å². The van der Waals surface area contributed by atoms with E-state index in [2.05, 4.69) is 0 Å². The smallest absolute Gasteiger partial charge is 0.275 e. The largest absolute Gasteiger partial charge is 0.295 e. The van der Waals surface area contributed by atoms with Crippen LogP contribution in [-0.2, 0) is 4.79 Å². The molecule has 2 aromatic carbocycles. The van der Waals surface area contributed by atoms with Gasteiger partial charge in [0.15, 0.2) is 0 Å². The van der Waals surface area contributed by atoms with Crippen molar-refractivity contribution in [2.75, 3.05) is 10.7 Å². The van der Waals surface area contributed by atoms with Crippen LogP contribution in [0.2, 0.25) is 0 Å². The first-order chi connectivity index (χ1) is 10.6. The molecule has 1 atom stereocenters. The summed E-state index contributed by atoms with van der Waals surface area (Å²) in [5.74, 6) is -0.321. The number of hydrogen-bond acceptors (Lipinski definition) is 4. The van der Waals surface area contributed by atoms with Crippen molar-refractivity contribution in [3.63, 3.8) is 0 Å². The van der Waals surface area contributed by atoms with E-state index in [1.807, 2.05) is 0 Å². The molecule has 3 rings (SSSR count). The molecule has 112 valence electrons. The number of para-hydroxylation sites is 1. The third-order valence-electron chi connectivity index (χ3n) is 3.37. The lowest BCUT2D eigenvalue weighted by molar-refractivity contribution is -0.385. The zero-order valence-corrected chi connectivity index (χ0v) is 12.1. The molecule has 1 fully saturated rings. The Morgan fingerprint density at radius 2 is 1.86 bits per heavy atom. The summed E-state index contributed by atoms with van der Waals surface area (Å²) in [6, 6.07) is 11.9. The van der Waals surface area contributed by atoms with Crippen molar-refractivity contribution in [2.24, 2.45) is 0 Å². The predicted molar refractivity (Wildman–Crippen MR) is 82.2 cm³/mol. The van der Waals surface area contributed by atoms with Crippen LogP contribution >= 0.6 is 11.8 Å². The number of nitro groups is 1. The summed E-state index contributed by atoms with van der Waals surface area (Å²) in [5, 5.41) is 10.7. The van der Waals surface area contributed by atoms with Gasteiger partial charge in [-0.05, 0) is 30.3 Å². The molecule has 0 aliphatic carbocycles. The Labute approximate surface area is 129 Å². The molecule has 0 radical (unpaired) electrons. The molecule has 22 heavy (non-hydrogen) atoms. The first kappa shape index (κ1) is 14.5. The Balaban J connectivity index is 2.05. The van der Waals surface area contributed by atoms with Gasteiger partial charge in [-0.2, -0.15) is 0 Å². The van der Waals surface area contributed by atoms with Crippen molar-refractivity contribution < 1.29 is 14.1 Å². The number of rotatable bonds is 3. The van der Waals surface area contributed by atoms with Gasteiger partial charge in [0.1, 0.15) is 11.2 Å². The summed E-state index contributed by atoms with van der Waals surface area (Å²) < 4.78 is 13.1. The molecule has 1 heterocycles. The number of carbonyl (C=O) groups is 1. The van der Waals surface area contributed by atoms with Crippen LogP contribution in [0.4, 0.5) is 15.8 Å². The summed E-state index contributed by atoms with van der Waals surface area (Å²) in [6.45, 7) is 0. The van der Waals surface area contributed by atoms with Gasteiger partial charge in [-0.1, -0.05) is 12.1 Å². The van der Waals surface area contributed by atoms with Crippen LogP contribution in [0, 0.1) is 15.9 Å². The average molecular weight is 318 g/mol. The van der Waals surface area contributed by atoms with Crippen molar-refractivity contribution in [1.29, 1.82) is 0 Å². The SMILES string of the molecule is O=C1CS[C@@H](c2ccccc2[N+](=O)[O-])N1c1ccc(F)cc1. The lowest BCUT2D eigenvalue weighted by atomic mass is 10.1. The fourth-order valence-corrected chi connectivity index (χ4v) is 3.60. The Morgan fingerprint density at radius 3 is 2.55 bits per heavy atom. The Hall–Kier alpha value is -2.41. The van der Waals surface area contributed by atoms with E-state index < -0.39 is 16.1 Å². The Bertz CT molecular complexity index is 736. The highest BCUT2D eigenvalue weighted by molar-refractivity contribution is 8.00. The van der Waals surface area contributed by atoms with Gasteiger partial charge in [-0.15, -0.1) is 11.8 Å². The minimum atomic E-state index is -0.487. The zero-order valence-electron chi connectivity index (χ0n) is 11.3. The molecule has 7 heteroatoms. The second kappa shape index (κ2) is 5.76. The van der Waals surface area contributed by atoms with Gasteiger partial charge >= 0.3 is 0 Å². The fraction of sp³-hybridized carbons (Fsp3) is 0.133. The molecule has 0 N–H and O–H groups in total. The summed E-state index contributed by atoms with van der Waals surface area (Å²) in [7, 11) is 0. The normalized spacial score (nSPS) is 17.8. The van der Waals surface area contributed by atoms with Crippen molar-refractivity contribution in [1.82, 2.24) is 0 Å². The van der Waals surface area contributed by atoms with Crippen molar-refractivity contribution in [3.8, 4) is 0 Å². The minimum absolute atomic E-state index is 0.0261. The molecule has 5 nitrogen and oxygen atoms in total. The molecule has 2 aromatic rings. The average Bonchev–Trinajstić information content (AvgIpc) is 2.90. The van der Waals surface area contributed by atoms with Crippen molar-refractivity contribution in [2.45, 2.75) is 5.37 Å². The number of thioether (sulfide) groups is 1. The van der Waals surface area contributed by atoms with Crippen molar-refractivity contribution in [3.05, 3.63) is 70.0 Å². The van der Waals surface area contributed by atoms with Gasteiger partial charge in [-0.25, -0.2) is 4.39 Å². The van der Waals surface area contributed by atoms with Crippen molar-refractivity contribution >= 4 is 29.0 Å². The van der Waals surface area contributed by atoms with Crippen LogP contribution in [0.5, 0.6) is 0 Å². The van der Waals surface area contributed by atoms with Gasteiger partial charge in [0.25, 0.3) is 5.69 Å². The summed E-state index contributed by atoms with van der Waals surface area (Å²) in [5.41, 5.74) is 0.967. The molecule has 1 aliphatic rings. The highest BCUT2D eigenvalue weighted by atomic mass is 32.2. The van der Waals surface area contributed by atoms with E-state index in [-0.39, 0.29) is 17.3 Å². The molecular weight excluding hydrogens is 307 g/mol. The zero-order chi connectivity index (χ0) is 15.7. The Kier molecular flexibility index (Phi) is 3.81. The lowest BCUT2D eigenvalue weighted by Gasteiger charge is -2.24. The van der Waals surface area contributed by atoms with E-state index in [1.54, 1.807) is 18.2 Å². The number of amides is 1. The van der Waals surface area contributed by atoms with Crippen LogP contribution in [0.25, 0.3) is 0 Å². The number of carbonyl (C=O) groups excluding carboxylic acids is 1. The summed E-state index contributed by atoms with van der Waals surface area (Å²) in [4.78, 5) is 24.4. The van der Waals surface area contributed by atoms with E-state index in [1.165, 1.54) is 47.0 Å². The molecule has 1 saturated heterocycles. The second-order valence-corrected chi connectivity index (χ2v) is 5.79. The number of nitrogens with zero attached hydrogens (tertiary/aromatic N) is 2. The molecule has 0 saturated carbocycles. The number of hydrogen-bond donors (Lipinski definition) is 0. The van der Waals surface area contributed by atoms with E-state index in [0.717, 1.165) is 0 Å². The maximum absolute atomic E-state index is 13.1. The van der Waals surface area contributed by atoms with E-state index in [9.17, 15) is 19.3 Å². The third-order valence-corrected chi connectivity index (χ3v) is 4.57. The maximum Gasteiger partial charge on any atom is 0.275 e. The summed E-state index contributed by atoms with van der Waals surface area (Å²) >= 11 is 1.32. The molecule has 1 aliphatic heterocycles. The third kappa shape index (κ3) is 2.55. The van der Waals surface area contributed by atoms with E-state index in [4.69, 9.17) is 0 Å². The first-order valence-corrected chi connectivity index (χ1v) is 7.55. The van der Waals surface area contributed by atoms with E-state index >= 15 is 0 Å². The molecule has 0 spiro atoms. The van der Waals surface area contributed by atoms with Crippen LogP contribution in [0.1, 0.15) is 10.9 Å². The first-order valence-electron chi connectivity index (χ1n) is 6.50. The van der Waals surface area contributed by atoms with E-state index in [0.29, 0.717) is 11.3 Å². The minimum Gasteiger partial charge on any atom is -0.295 e. The van der Waals surface area contributed by atoms with Crippen LogP contribution in [0.15, 0.2) is 48.5 Å². The standard InChI is InChI=1S/C15H11FN2O3S/c16-10-5-7-11(8-6-10)17-14(19)9-22-15(17)12-3-1-2-4-13(12)18(20)21/h1-8,15H,9H2/t15-/m0/s1. The number of halogens is 1. The molecule has 1 amide bonds. The summed E-state index contributed by atoms with van der Waals surface area (Å²) in [6.07, 6.45) is 0.